The first kappa shape index (κ1) is 16.6. The lowest BCUT2D eigenvalue weighted by Gasteiger charge is -2.09. The molecular weight excluding hydrogens is 298 g/mol. The summed E-state index contributed by atoms with van der Waals surface area (Å²) in [5, 5.41) is 0. The second-order valence-corrected chi connectivity index (χ2v) is 7.11. The summed E-state index contributed by atoms with van der Waals surface area (Å²) >= 11 is 0. The molecule has 3 heterocycles. The fourth-order valence-electron chi connectivity index (χ4n) is 3.06. The maximum absolute atomic E-state index is 6.09. The summed E-state index contributed by atoms with van der Waals surface area (Å²) in [5.74, 6) is 3.36. The predicted octanol–water partition coefficient (Wildman–Crippen LogP) is 5.15. The second kappa shape index (κ2) is 7.12. The molecule has 3 aromatic heterocycles. The van der Waals surface area contributed by atoms with Crippen LogP contribution in [0.2, 0.25) is 0 Å². The van der Waals surface area contributed by atoms with Crippen molar-refractivity contribution in [1.82, 2.24) is 15.0 Å². The van der Waals surface area contributed by atoms with E-state index in [4.69, 9.17) is 4.42 Å². The van der Waals surface area contributed by atoms with Gasteiger partial charge in [0.2, 0.25) is 0 Å². The Kier molecular flexibility index (Phi) is 4.93. The molecule has 0 aliphatic heterocycles. The standard InChI is InChI=1S/C20H27N3O/c1-13(2)18-7-5-16(23-18)9-15(4)20-8-6-17(24-20)10-14(3)19-11-21-12-22-19/h5-8,11-15,23H,9-10H2,1-4H3,(H,21,22). The van der Waals surface area contributed by atoms with Crippen LogP contribution in [0.1, 0.15) is 74.1 Å². The fraction of sp³-hybridized carbons (Fsp3) is 0.450. The normalized spacial score (nSPS) is 14.2. The van der Waals surface area contributed by atoms with Gasteiger partial charge in [-0.3, -0.25) is 0 Å². The molecule has 4 nitrogen and oxygen atoms in total. The summed E-state index contributed by atoms with van der Waals surface area (Å²) in [4.78, 5) is 10.8. The SMILES string of the molecule is CC(C)c1ccc(CC(C)c2ccc(CC(C)c3cnc[nH]3)o2)[nH]1. The van der Waals surface area contributed by atoms with Crippen LogP contribution in [-0.2, 0) is 12.8 Å². The number of furan rings is 1. The zero-order valence-corrected chi connectivity index (χ0v) is 15.0. The molecule has 3 rings (SSSR count). The molecule has 4 heteroatoms. The molecule has 0 aromatic carbocycles. The van der Waals surface area contributed by atoms with Gasteiger partial charge < -0.3 is 14.4 Å². The lowest BCUT2D eigenvalue weighted by atomic mass is 10.0. The van der Waals surface area contributed by atoms with E-state index in [9.17, 15) is 0 Å². The van der Waals surface area contributed by atoms with Crippen molar-refractivity contribution >= 4 is 0 Å². The minimum absolute atomic E-state index is 0.361. The van der Waals surface area contributed by atoms with E-state index in [1.54, 1.807) is 6.33 Å². The van der Waals surface area contributed by atoms with Gasteiger partial charge in [-0.15, -0.1) is 0 Å². The molecule has 2 unspecified atom stereocenters. The highest BCUT2D eigenvalue weighted by atomic mass is 16.3. The average Bonchev–Trinajstić information content (AvgIpc) is 3.28. The molecule has 2 N–H and O–H groups in total. The summed E-state index contributed by atoms with van der Waals surface area (Å²) in [7, 11) is 0. The summed E-state index contributed by atoms with van der Waals surface area (Å²) < 4.78 is 6.09. The number of aromatic amines is 2. The summed E-state index contributed by atoms with van der Waals surface area (Å²) in [6.45, 7) is 8.82. The number of nitrogens with zero attached hydrogens (tertiary/aromatic N) is 1. The van der Waals surface area contributed by atoms with Gasteiger partial charge in [-0.1, -0.05) is 27.7 Å². The third-order valence-electron chi connectivity index (χ3n) is 4.64. The Hall–Kier alpha value is -2.23. The van der Waals surface area contributed by atoms with Crippen molar-refractivity contribution in [3.63, 3.8) is 0 Å². The van der Waals surface area contributed by atoms with E-state index < -0.39 is 0 Å². The molecule has 0 aliphatic carbocycles. The smallest absolute Gasteiger partial charge is 0.107 e. The van der Waals surface area contributed by atoms with Crippen LogP contribution in [0.15, 0.2) is 41.2 Å². The van der Waals surface area contributed by atoms with Crippen molar-refractivity contribution in [2.45, 2.75) is 58.3 Å². The Labute approximate surface area is 143 Å². The molecule has 0 bridgehead atoms. The van der Waals surface area contributed by atoms with Crippen molar-refractivity contribution in [2.24, 2.45) is 0 Å². The molecular formula is C20H27N3O. The van der Waals surface area contributed by atoms with Crippen LogP contribution >= 0.6 is 0 Å². The Bertz CT molecular complexity index is 752. The van der Waals surface area contributed by atoms with Crippen LogP contribution in [0.4, 0.5) is 0 Å². The predicted molar refractivity (Wildman–Crippen MR) is 96.4 cm³/mol. The molecule has 0 saturated carbocycles. The van der Waals surface area contributed by atoms with Crippen LogP contribution in [0.25, 0.3) is 0 Å². The Balaban J connectivity index is 1.61. The van der Waals surface area contributed by atoms with E-state index >= 15 is 0 Å². The van der Waals surface area contributed by atoms with Gasteiger partial charge in [-0.05, 0) is 36.6 Å². The zero-order chi connectivity index (χ0) is 17.1. The zero-order valence-electron chi connectivity index (χ0n) is 15.0. The van der Waals surface area contributed by atoms with E-state index in [-0.39, 0.29) is 0 Å². The highest BCUT2D eigenvalue weighted by Crippen LogP contribution is 2.26. The highest BCUT2D eigenvalue weighted by molar-refractivity contribution is 5.20. The maximum atomic E-state index is 6.09. The monoisotopic (exact) mass is 325 g/mol. The minimum atomic E-state index is 0.361. The molecule has 0 aliphatic rings. The Morgan fingerprint density at radius 2 is 1.79 bits per heavy atom. The maximum Gasteiger partial charge on any atom is 0.107 e. The van der Waals surface area contributed by atoms with E-state index in [0.29, 0.717) is 17.8 Å². The summed E-state index contributed by atoms with van der Waals surface area (Å²) in [6, 6.07) is 8.60. The van der Waals surface area contributed by atoms with E-state index in [2.05, 4.69) is 66.9 Å². The van der Waals surface area contributed by atoms with Crippen molar-refractivity contribution in [1.29, 1.82) is 0 Å². The van der Waals surface area contributed by atoms with E-state index in [1.165, 1.54) is 11.4 Å². The van der Waals surface area contributed by atoms with Gasteiger partial charge in [0.15, 0.2) is 0 Å². The van der Waals surface area contributed by atoms with Gasteiger partial charge in [0.25, 0.3) is 0 Å². The summed E-state index contributed by atoms with van der Waals surface area (Å²) in [5.41, 5.74) is 3.72. The van der Waals surface area contributed by atoms with Crippen molar-refractivity contribution in [3.8, 4) is 0 Å². The molecule has 0 saturated heterocycles. The van der Waals surface area contributed by atoms with Crippen LogP contribution < -0.4 is 0 Å². The molecule has 24 heavy (non-hydrogen) atoms. The minimum Gasteiger partial charge on any atom is -0.466 e. The topological polar surface area (TPSA) is 57.6 Å². The first-order valence-corrected chi connectivity index (χ1v) is 8.77. The fourth-order valence-corrected chi connectivity index (χ4v) is 3.06. The van der Waals surface area contributed by atoms with Crippen LogP contribution in [-0.4, -0.2) is 15.0 Å². The third-order valence-corrected chi connectivity index (χ3v) is 4.64. The van der Waals surface area contributed by atoms with Gasteiger partial charge >= 0.3 is 0 Å². The highest BCUT2D eigenvalue weighted by Gasteiger charge is 2.15. The quantitative estimate of drug-likeness (QED) is 0.631. The molecule has 0 fully saturated rings. The van der Waals surface area contributed by atoms with Crippen molar-refractivity contribution in [3.05, 3.63) is 65.4 Å². The van der Waals surface area contributed by atoms with Gasteiger partial charge in [0, 0.05) is 41.5 Å². The van der Waals surface area contributed by atoms with Gasteiger partial charge in [0.1, 0.15) is 11.5 Å². The largest absolute Gasteiger partial charge is 0.466 e. The Morgan fingerprint density at radius 1 is 0.958 bits per heavy atom. The van der Waals surface area contributed by atoms with Crippen LogP contribution in [0, 0.1) is 0 Å². The molecule has 128 valence electrons. The number of H-pyrrole nitrogens is 2. The molecule has 2 atom stereocenters. The molecule has 3 aromatic rings. The van der Waals surface area contributed by atoms with Crippen LogP contribution in [0.5, 0.6) is 0 Å². The third kappa shape index (κ3) is 3.81. The first-order chi connectivity index (χ1) is 11.5. The molecule has 0 spiro atoms. The first-order valence-electron chi connectivity index (χ1n) is 8.77. The van der Waals surface area contributed by atoms with E-state index in [0.717, 1.165) is 30.1 Å². The average molecular weight is 325 g/mol. The number of aromatic nitrogens is 3. The van der Waals surface area contributed by atoms with Gasteiger partial charge in [-0.25, -0.2) is 4.98 Å². The molecule has 0 radical (unpaired) electrons. The number of imidazole rings is 1. The molecule has 0 amide bonds. The van der Waals surface area contributed by atoms with Gasteiger partial charge in [-0.2, -0.15) is 0 Å². The van der Waals surface area contributed by atoms with E-state index in [1.807, 2.05) is 6.20 Å². The summed E-state index contributed by atoms with van der Waals surface area (Å²) in [6.07, 6.45) is 5.46. The lowest BCUT2D eigenvalue weighted by Crippen LogP contribution is -1.99. The number of rotatable bonds is 7. The Morgan fingerprint density at radius 3 is 2.46 bits per heavy atom. The number of hydrogen-bond acceptors (Lipinski definition) is 2. The lowest BCUT2D eigenvalue weighted by molar-refractivity contribution is 0.427. The number of hydrogen-bond donors (Lipinski definition) is 2. The van der Waals surface area contributed by atoms with Crippen LogP contribution in [0.3, 0.4) is 0 Å². The van der Waals surface area contributed by atoms with Crippen molar-refractivity contribution in [2.75, 3.05) is 0 Å². The van der Waals surface area contributed by atoms with Crippen molar-refractivity contribution < 1.29 is 4.42 Å². The van der Waals surface area contributed by atoms with Gasteiger partial charge in [0.05, 0.1) is 6.33 Å². The second-order valence-electron chi connectivity index (χ2n) is 7.11. The number of nitrogens with one attached hydrogen (secondary N) is 2.